The van der Waals surface area contributed by atoms with Gasteiger partial charge in [-0.15, -0.1) is 0 Å². The molecule has 2 aromatic heterocycles. The summed E-state index contributed by atoms with van der Waals surface area (Å²) in [6.45, 7) is 0. The van der Waals surface area contributed by atoms with Crippen molar-refractivity contribution in [1.82, 2.24) is 20.1 Å². The summed E-state index contributed by atoms with van der Waals surface area (Å²) in [5.74, 6) is -0.744. The van der Waals surface area contributed by atoms with Gasteiger partial charge < -0.3 is 10.1 Å². The van der Waals surface area contributed by atoms with Gasteiger partial charge in [0.05, 0.1) is 6.20 Å². The number of benzene rings is 1. The number of hydrogen-bond acceptors (Lipinski definition) is 6. The van der Waals surface area contributed by atoms with E-state index in [0.717, 1.165) is 22.3 Å². The first-order valence-electron chi connectivity index (χ1n) is 9.50. The third-order valence-electron chi connectivity index (χ3n) is 4.69. The topological polar surface area (TPSA) is 115 Å². The first-order chi connectivity index (χ1) is 15.0. The van der Waals surface area contributed by atoms with E-state index in [4.69, 9.17) is 4.74 Å². The average molecular weight is 417 g/mol. The zero-order chi connectivity index (χ0) is 21.8. The summed E-state index contributed by atoms with van der Waals surface area (Å²) in [4.78, 5) is 39.1. The number of cyclic esters (lactones) is 1. The number of amides is 3. The molecule has 0 saturated carbocycles. The summed E-state index contributed by atoms with van der Waals surface area (Å²) in [7, 11) is 1.84. The zero-order valence-electron chi connectivity index (χ0n) is 16.6. The van der Waals surface area contributed by atoms with Crippen molar-refractivity contribution in [2.45, 2.75) is 12.5 Å². The molecule has 4 rings (SSSR count). The largest absolute Gasteiger partial charge is 0.435 e. The van der Waals surface area contributed by atoms with Gasteiger partial charge in [0.15, 0.2) is 6.10 Å². The fourth-order valence-electron chi connectivity index (χ4n) is 3.18. The minimum absolute atomic E-state index is 0.268. The molecule has 0 radical (unpaired) electrons. The molecule has 3 heterocycles. The number of imide groups is 1. The second-order valence-electron chi connectivity index (χ2n) is 6.97. The van der Waals surface area contributed by atoms with Gasteiger partial charge in [-0.05, 0) is 35.4 Å². The first-order valence-corrected chi connectivity index (χ1v) is 9.50. The highest BCUT2D eigenvalue weighted by Crippen LogP contribution is 2.23. The summed E-state index contributed by atoms with van der Waals surface area (Å²) < 4.78 is 6.61. The number of alkyl carbamates (subject to hydrolysis) is 1. The van der Waals surface area contributed by atoms with E-state index in [1.165, 1.54) is 6.08 Å². The Morgan fingerprint density at radius 3 is 2.71 bits per heavy atom. The highest BCUT2D eigenvalue weighted by Gasteiger charge is 2.31. The third kappa shape index (κ3) is 4.84. The number of ether oxygens (including phenoxy) is 1. The van der Waals surface area contributed by atoms with Gasteiger partial charge in [0.1, 0.15) is 0 Å². The van der Waals surface area contributed by atoms with Crippen LogP contribution in [0.4, 0.5) is 10.5 Å². The Bertz CT molecular complexity index is 1170. The van der Waals surface area contributed by atoms with Crippen LogP contribution in [0.1, 0.15) is 11.1 Å². The lowest BCUT2D eigenvalue weighted by Crippen LogP contribution is -2.25. The third-order valence-corrected chi connectivity index (χ3v) is 4.69. The number of nitrogens with zero attached hydrogens (tertiary/aromatic N) is 3. The Morgan fingerprint density at radius 1 is 1.23 bits per heavy atom. The molecule has 1 aliphatic heterocycles. The van der Waals surface area contributed by atoms with Gasteiger partial charge in [0, 0.05) is 54.9 Å². The normalized spacial score (nSPS) is 15.7. The van der Waals surface area contributed by atoms with Gasteiger partial charge in [-0.3, -0.25) is 24.6 Å². The van der Waals surface area contributed by atoms with Gasteiger partial charge in [0.25, 0.3) is 5.91 Å². The minimum Gasteiger partial charge on any atom is -0.435 e. The number of rotatable bonds is 6. The molecule has 9 nitrogen and oxygen atoms in total. The SMILES string of the molecule is Cn1cc(-c2ccncc2C=CC(=O)Nc2ccc(CC3OC(=O)NC3=O)cc2)cn1. The average Bonchev–Trinajstić information content (AvgIpc) is 3.32. The molecule has 31 heavy (non-hydrogen) atoms. The molecule has 156 valence electrons. The maximum Gasteiger partial charge on any atom is 0.414 e. The van der Waals surface area contributed by atoms with Gasteiger partial charge in [-0.25, -0.2) is 4.79 Å². The second kappa shape index (κ2) is 8.62. The molecule has 9 heteroatoms. The van der Waals surface area contributed by atoms with Crippen LogP contribution in [-0.2, 0) is 27.8 Å². The van der Waals surface area contributed by atoms with Crippen LogP contribution in [0.2, 0.25) is 0 Å². The molecular weight excluding hydrogens is 398 g/mol. The smallest absolute Gasteiger partial charge is 0.414 e. The van der Waals surface area contributed by atoms with Crippen LogP contribution < -0.4 is 10.6 Å². The highest BCUT2D eigenvalue weighted by atomic mass is 16.6. The second-order valence-corrected chi connectivity index (χ2v) is 6.97. The molecule has 0 spiro atoms. The van der Waals surface area contributed by atoms with E-state index < -0.39 is 18.1 Å². The van der Waals surface area contributed by atoms with E-state index in [9.17, 15) is 14.4 Å². The van der Waals surface area contributed by atoms with Crippen LogP contribution in [0.3, 0.4) is 0 Å². The zero-order valence-corrected chi connectivity index (χ0v) is 16.6. The van der Waals surface area contributed by atoms with Crippen LogP contribution in [0.5, 0.6) is 0 Å². The van der Waals surface area contributed by atoms with Gasteiger partial charge in [-0.2, -0.15) is 5.10 Å². The van der Waals surface area contributed by atoms with Crippen molar-refractivity contribution in [3.05, 3.63) is 72.3 Å². The predicted molar refractivity (Wildman–Crippen MR) is 113 cm³/mol. The molecular formula is C22H19N5O4. The maximum absolute atomic E-state index is 12.3. The van der Waals surface area contributed by atoms with E-state index in [1.807, 2.05) is 19.3 Å². The Labute approximate surface area is 177 Å². The number of anilines is 1. The number of nitrogens with one attached hydrogen (secondary N) is 2. The monoisotopic (exact) mass is 417 g/mol. The van der Waals surface area contributed by atoms with Crippen LogP contribution in [0, 0.1) is 0 Å². The summed E-state index contributed by atoms with van der Waals surface area (Å²) >= 11 is 0. The molecule has 3 amide bonds. The predicted octanol–water partition coefficient (Wildman–Crippen LogP) is 2.31. The Kier molecular flexibility index (Phi) is 5.57. The fourth-order valence-corrected chi connectivity index (χ4v) is 3.18. The lowest BCUT2D eigenvalue weighted by molar-refractivity contribution is -0.123. The standard InChI is InChI=1S/C22H19N5O4/c1-27-13-16(12-24-27)18-8-9-23-11-15(18)4-7-20(28)25-17-5-2-14(3-6-17)10-19-21(29)26-22(30)31-19/h2-9,11-13,19H,10H2,1H3,(H,25,28)(H,26,29,30). The molecule has 1 saturated heterocycles. The van der Waals surface area contributed by atoms with Crippen LogP contribution in [-0.4, -0.2) is 38.8 Å². The number of aryl methyl sites for hydroxylation is 1. The van der Waals surface area contributed by atoms with Crippen molar-refractivity contribution in [2.24, 2.45) is 7.05 Å². The minimum atomic E-state index is -0.829. The molecule has 0 bridgehead atoms. The Morgan fingerprint density at radius 2 is 2.03 bits per heavy atom. The Hall–Kier alpha value is -4.27. The van der Waals surface area contributed by atoms with Crippen molar-refractivity contribution < 1.29 is 19.1 Å². The van der Waals surface area contributed by atoms with Crippen LogP contribution >= 0.6 is 0 Å². The van der Waals surface area contributed by atoms with Crippen LogP contribution in [0.15, 0.2) is 61.2 Å². The van der Waals surface area contributed by atoms with Crippen LogP contribution in [0.25, 0.3) is 17.2 Å². The Balaban J connectivity index is 1.39. The number of carbonyl (C=O) groups is 3. The molecule has 1 aromatic carbocycles. The molecule has 3 aromatic rings. The molecule has 1 fully saturated rings. The van der Waals surface area contributed by atoms with Crippen molar-refractivity contribution in [3.63, 3.8) is 0 Å². The quantitative estimate of drug-likeness (QED) is 0.595. The molecule has 1 unspecified atom stereocenters. The number of carbonyl (C=O) groups excluding carboxylic acids is 3. The summed E-state index contributed by atoms with van der Waals surface area (Å²) in [5, 5.41) is 9.06. The summed E-state index contributed by atoms with van der Waals surface area (Å²) in [5.41, 5.74) is 4.06. The fraction of sp³-hybridized carbons (Fsp3) is 0.136. The maximum atomic E-state index is 12.3. The van der Waals surface area contributed by atoms with E-state index in [0.29, 0.717) is 5.69 Å². The molecule has 0 aliphatic carbocycles. The summed E-state index contributed by atoms with van der Waals surface area (Å²) in [6.07, 6.45) is 8.87. The molecule has 1 aliphatic rings. The van der Waals surface area contributed by atoms with Gasteiger partial charge >= 0.3 is 6.09 Å². The van der Waals surface area contributed by atoms with Crippen molar-refractivity contribution in [2.75, 3.05) is 5.32 Å². The lowest BCUT2D eigenvalue weighted by Gasteiger charge is -2.08. The van der Waals surface area contributed by atoms with E-state index >= 15 is 0 Å². The van der Waals surface area contributed by atoms with Crippen molar-refractivity contribution >= 4 is 29.7 Å². The molecule has 2 N–H and O–H groups in total. The van der Waals surface area contributed by atoms with Gasteiger partial charge in [0.2, 0.25) is 5.91 Å². The van der Waals surface area contributed by atoms with Gasteiger partial charge in [-0.1, -0.05) is 12.1 Å². The van der Waals surface area contributed by atoms with E-state index in [2.05, 4.69) is 20.7 Å². The molecule has 1 atom stereocenters. The van der Waals surface area contributed by atoms with Crippen molar-refractivity contribution in [3.8, 4) is 11.1 Å². The number of hydrogen-bond donors (Lipinski definition) is 2. The summed E-state index contributed by atoms with van der Waals surface area (Å²) in [6, 6.07) is 8.85. The first kappa shape index (κ1) is 20.0. The van der Waals surface area contributed by atoms with E-state index in [-0.39, 0.29) is 12.3 Å². The number of pyridine rings is 1. The van der Waals surface area contributed by atoms with E-state index in [1.54, 1.807) is 53.6 Å². The number of aromatic nitrogens is 3. The van der Waals surface area contributed by atoms with Crippen molar-refractivity contribution in [1.29, 1.82) is 0 Å². The lowest BCUT2D eigenvalue weighted by atomic mass is 10.0. The highest BCUT2D eigenvalue weighted by molar-refractivity contribution is 6.02.